The van der Waals surface area contributed by atoms with Crippen molar-refractivity contribution in [3.63, 3.8) is 0 Å². The molecule has 0 aliphatic heterocycles. The average molecular weight is 204 g/mol. The second-order valence-electron chi connectivity index (χ2n) is 2.58. The van der Waals surface area contributed by atoms with Crippen LogP contribution in [0.1, 0.15) is 17.6 Å². The van der Waals surface area contributed by atoms with E-state index in [1.165, 1.54) is 13.2 Å². The molecule has 0 amide bonds. The molecule has 14 heavy (non-hydrogen) atoms. The largest absolute Gasteiger partial charge is 0.481 e. The highest BCUT2D eigenvalue weighted by atomic mass is 19.3. The average Bonchev–Trinajstić information content (AvgIpc) is 2.15. The number of aliphatic hydroxyl groups excluding tert-OH is 1. The Morgan fingerprint density at radius 3 is 2.71 bits per heavy atom. The summed E-state index contributed by atoms with van der Waals surface area (Å²) >= 11 is 0. The van der Waals surface area contributed by atoms with E-state index in [-0.39, 0.29) is 17.3 Å². The molecule has 6 heteroatoms. The Morgan fingerprint density at radius 1 is 1.64 bits per heavy atom. The van der Waals surface area contributed by atoms with Crippen LogP contribution in [0.3, 0.4) is 0 Å². The lowest BCUT2D eigenvalue weighted by molar-refractivity contribution is 0.147. The monoisotopic (exact) mass is 204 g/mol. The highest BCUT2D eigenvalue weighted by Gasteiger charge is 2.18. The zero-order valence-corrected chi connectivity index (χ0v) is 7.50. The summed E-state index contributed by atoms with van der Waals surface area (Å²) in [5, 5.41) is 8.84. The highest BCUT2D eigenvalue weighted by molar-refractivity contribution is 5.48. The minimum atomic E-state index is -2.75. The van der Waals surface area contributed by atoms with Gasteiger partial charge in [-0.15, -0.1) is 0 Å². The quantitative estimate of drug-likeness (QED) is 0.773. The summed E-state index contributed by atoms with van der Waals surface area (Å²) in [5.74, 6) is -0.209. The van der Waals surface area contributed by atoms with Crippen LogP contribution in [0.15, 0.2) is 6.07 Å². The lowest BCUT2D eigenvalue weighted by atomic mass is 10.1. The van der Waals surface area contributed by atoms with E-state index in [0.717, 1.165) is 0 Å². The van der Waals surface area contributed by atoms with Gasteiger partial charge in [0.25, 0.3) is 6.43 Å². The molecular weight excluding hydrogens is 194 g/mol. The van der Waals surface area contributed by atoms with Gasteiger partial charge in [-0.2, -0.15) is 4.98 Å². The zero-order valence-electron chi connectivity index (χ0n) is 7.50. The SMILES string of the molecule is COc1cc(CO)c(C(F)F)c(N)n1. The lowest BCUT2D eigenvalue weighted by Gasteiger charge is -2.10. The maximum Gasteiger partial charge on any atom is 0.267 e. The minimum absolute atomic E-state index is 0.0318. The van der Waals surface area contributed by atoms with Gasteiger partial charge >= 0.3 is 0 Å². The Balaban J connectivity index is 3.27. The fourth-order valence-corrected chi connectivity index (χ4v) is 1.09. The molecule has 0 bridgehead atoms. The van der Waals surface area contributed by atoms with Crippen molar-refractivity contribution >= 4 is 5.82 Å². The number of nitrogen functional groups attached to an aromatic ring is 1. The number of pyridine rings is 1. The van der Waals surface area contributed by atoms with Crippen molar-refractivity contribution in [2.75, 3.05) is 12.8 Å². The molecule has 1 rings (SSSR count). The van der Waals surface area contributed by atoms with Crippen molar-refractivity contribution in [3.05, 3.63) is 17.2 Å². The normalized spacial score (nSPS) is 10.6. The van der Waals surface area contributed by atoms with Crippen molar-refractivity contribution in [3.8, 4) is 5.88 Å². The molecule has 0 fully saturated rings. The molecule has 0 saturated carbocycles. The van der Waals surface area contributed by atoms with Crippen LogP contribution in [0.2, 0.25) is 0 Å². The van der Waals surface area contributed by atoms with Gasteiger partial charge in [0.05, 0.1) is 19.3 Å². The number of hydrogen-bond donors (Lipinski definition) is 2. The van der Waals surface area contributed by atoms with E-state index in [0.29, 0.717) is 0 Å². The number of nitrogens with two attached hydrogens (primary N) is 1. The Hall–Kier alpha value is -1.43. The molecule has 4 nitrogen and oxygen atoms in total. The molecule has 0 aromatic carbocycles. The predicted octanol–water partition coefficient (Wildman–Crippen LogP) is 1.10. The van der Waals surface area contributed by atoms with Gasteiger partial charge in [0.1, 0.15) is 5.82 Å². The molecule has 78 valence electrons. The summed E-state index contributed by atoms with van der Waals surface area (Å²) in [7, 11) is 1.34. The van der Waals surface area contributed by atoms with Gasteiger partial charge in [0.15, 0.2) is 0 Å². The number of anilines is 1. The van der Waals surface area contributed by atoms with Gasteiger partial charge < -0.3 is 15.6 Å². The van der Waals surface area contributed by atoms with Crippen molar-refractivity contribution < 1.29 is 18.6 Å². The van der Waals surface area contributed by atoms with E-state index >= 15 is 0 Å². The summed E-state index contributed by atoms with van der Waals surface area (Å²) in [6.07, 6.45) is -2.75. The van der Waals surface area contributed by atoms with Gasteiger partial charge in [0.2, 0.25) is 5.88 Å². The zero-order chi connectivity index (χ0) is 10.7. The van der Waals surface area contributed by atoms with E-state index < -0.39 is 18.6 Å². The number of ether oxygens (including phenoxy) is 1. The third-order valence-electron chi connectivity index (χ3n) is 1.75. The Kier molecular flexibility index (Phi) is 3.19. The van der Waals surface area contributed by atoms with Crippen molar-refractivity contribution in [2.24, 2.45) is 0 Å². The summed E-state index contributed by atoms with van der Waals surface area (Å²) in [6, 6.07) is 1.23. The Morgan fingerprint density at radius 2 is 2.29 bits per heavy atom. The summed E-state index contributed by atoms with van der Waals surface area (Å²) in [4.78, 5) is 3.59. The molecule has 0 radical (unpaired) electrons. The van der Waals surface area contributed by atoms with Crippen LogP contribution in [-0.4, -0.2) is 17.2 Å². The Bertz CT molecular complexity index is 331. The second-order valence-corrected chi connectivity index (χ2v) is 2.58. The number of methoxy groups -OCH3 is 1. The number of rotatable bonds is 3. The topological polar surface area (TPSA) is 68.4 Å². The molecule has 1 aromatic rings. The number of nitrogens with zero attached hydrogens (tertiary/aromatic N) is 1. The first-order valence-corrected chi connectivity index (χ1v) is 3.82. The van der Waals surface area contributed by atoms with Crippen LogP contribution in [0.25, 0.3) is 0 Å². The van der Waals surface area contributed by atoms with Crippen LogP contribution < -0.4 is 10.5 Å². The van der Waals surface area contributed by atoms with Gasteiger partial charge in [-0.3, -0.25) is 0 Å². The smallest absolute Gasteiger partial charge is 0.267 e. The molecule has 0 unspecified atom stereocenters. The maximum atomic E-state index is 12.4. The summed E-state index contributed by atoms with van der Waals surface area (Å²) in [5.41, 5.74) is 4.89. The van der Waals surface area contributed by atoms with Crippen molar-refractivity contribution in [2.45, 2.75) is 13.0 Å². The molecule has 1 aromatic heterocycles. The molecule has 0 aliphatic rings. The molecule has 0 atom stereocenters. The number of aliphatic hydroxyl groups is 1. The van der Waals surface area contributed by atoms with Crippen LogP contribution in [0.5, 0.6) is 5.88 Å². The molecule has 0 saturated heterocycles. The second kappa shape index (κ2) is 4.19. The lowest BCUT2D eigenvalue weighted by Crippen LogP contribution is -2.05. The number of halogens is 2. The summed E-state index contributed by atoms with van der Waals surface area (Å²) < 4.78 is 29.6. The van der Waals surface area contributed by atoms with Crippen LogP contribution in [-0.2, 0) is 6.61 Å². The Labute approximate surface area is 79.3 Å². The fraction of sp³-hybridized carbons (Fsp3) is 0.375. The molecule has 1 heterocycles. The van der Waals surface area contributed by atoms with Crippen LogP contribution in [0.4, 0.5) is 14.6 Å². The first-order chi connectivity index (χ1) is 6.60. The van der Waals surface area contributed by atoms with Crippen molar-refractivity contribution in [1.29, 1.82) is 0 Å². The van der Waals surface area contributed by atoms with Gasteiger partial charge in [-0.1, -0.05) is 0 Å². The van der Waals surface area contributed by atoms with E-state index in [9.17, 15) is 8.78 Å². The van der Waals surface area contributed by atoms with E-state index in [4.69, 9.17) is 15.6 Å². The first-order valence-electron chi connectivity index (χ1n) is 3.82. The maximum absolute atomic E-state index is 12.4. The predicted molar refractivity (Wildman–Crippen MR) is 46.1 cm³/mol. The fourth-order valence-electron chi connectivity index (χ4n) is 1.09. The van der Waals surface area contributed by atoms with Crippen molar-refractivity contribution in [1.82, 2.24) is 4.98 Å². The molecule has 0 aliphatic carbocycles. The van der Waals surface area contributed by atoms with E-state index in [1.807, 2.05) is 0 Å². The highest BCUT2D eigenvalue weighted by Crippen LogP contribution is 2.29. The van der Waals surface area contributed by atoms with Crippen LogP contribution >= 0.6 is 0 Å². The van der Waals surface area contributed by atoms with Gasteiger partial charge in [-0.25, -0.2) is 8.78 Å². The summed E-state index contributed by atoms with van der Waals surface area (Å²) in [6.45, 7) is -0.525. The number of aromatic nitrogens is 1. The molecular formula is C8H10F2N2O2. The van der Waals surface area contributed by atoms with E-state index in [1.54, 1.807) is 0 Å². The number of alkyl halides is 2. The third kappa shape index (κ3) is 1.90. The first kappa shape index (κ1) is 10.6. The minimum Gasteiger partial charge on any atom is -0.481 e. The molecule has 0 spiro atoms. The van der Waals surface area contributed by atoms with Gasteiger partial charge in [-0.05, 0) is 5.56 Å². The standard InChI is InChI=1S/C8H10F2N2O2/c1-14-5-2-4(3-13)6(7(9)10)8(11)12-5/h2,7,13H,3H2,1H3,(H2,11,12). The van der Waals surface area contributed by atoms with Crippen LogP contribution in [0, 0.1) is 0 Å². The molecule has 3 N–H and O–H groups in total. The van der Waals surface area contributed by atoms with E-state index in [2.05, 4.69) is 4.98 Å². The van der Waals surface area contributed by atoms with Gasteiger partial charge in [0, 0.05) is 6.07 Å². The number of hydrogen-bond acceptors (Lipinski definition) is 4. The third-order valence-corrected chi connectivity index (χ3v) is 1.75.